The molecule has 16 heavy (non-hydrogen) atoms. The average Bonchev–Trinajstić information content (AvgIpc) is 2.71. The minimum absolute atomic E-state index is 0.177. The second-order valence-corrected chi connectivity index (χ2v) is 3.81. The molecule has 0 amide bonds. The van der Waals surface area contributed by atoms with E-state index in [4.69, 9.17) is 9.15 Å². The second-order valence-electron chi connectivity index (χ2n) is 2.95. The number of halogens is 2. The largest absolute Gasteiger partial charge is 0.426 e. The fraction of sp³-hybridized carbons (Fsp3) is 0. The number of rotatable bonds is 3. The Labute approximate surface area is 99.0 Å². The summed E-state index contributed by atoms with van der Waals surface area (Å²) in [4.78, 5) is 10.4. The number of hydrogen-bond acceptors (Lipinski definition) is 3. The molecule has 0 aliphatic rings. The molecule has 0 radical (unpaired) electrons. The third-order valence-corrected chi connectivity index (χ3v) is 2.44. The van der Waals surface area contributed by atoms with Crippen molar-refractivity contribution >= 4 is 22.2 Å². The van der Waals surface area contributed by atoms with Crippen molar-refractivity contribution in [3.05, 3.63) is 46.4 Å². The number of furan rings is 1. The van der Waals surface area contributed by atoms with E-state index in [2.05, 4.69) is 15.9 Å². The van der Waals surface area contributed by atoms with Crippen LogP contribution in [0.25, 0.3) is 0 Å². The Bertz CT molecular complexity index is 522. The predicted octanol–water partition coefficient (Wildman–Crippen LogP) is 3.79. The van der Waals surface area contributed by atoms with E-state index in [1.807, 2.05) is 0 Å². The number of aldehydes is 1. The van der Waals surface area contributed by atoms with Crippen LogP contribution in [-0.2, 0) is 0 Å². The van der Waals surface area contributed by atoms with Crippen LogP contribution in [0, 0.1) is 5.82 Å². The molecule has 0 atom stereocenters. The van der Waals surface area contributed by atoms with E-state index in [-0.39, 0.29) is 17.5 Å². The van der Waals surface area contributed by atoms with Crippen LogP contribution >= 0.6 is 15.9 Å². The molecule has 2 aromatic rings. The molecule has 3 nitrogen and oxygen atoms in total. The summed E-state index contributed by atoms with van der Waals surface area (Å²) in [5.74, 6) is 0.400. The molecule has 0 N–H and O–H groups in total. The zero-order valence-electron chi connectivity index (χ0n) is 7.94. The lowest BCUT2D eigenvalue weighted by Gasteiger charge is -2.02. The van der Waals surface area contributed by atoms with Gasteiger partial charge in [0.2, 0.25) is 0 Å². The summed E-state index contributed by atoms with van der Waals surface area (Å²) >= 11 is 3.04. The van der Waals surface area contributed by atoms with Crippen molar-refractivity contribution in [3.63, 3.8) is 0 Å². The van der Waals surface area contributed by atoms with Crippen molar-refractivity contribution in [3.8, 4) is 11.7 Å². The SMILES string of the molecule is O=Cc1ccc(Oc2ccc(F)c(Br)c2)o1. The number of carbonyl (C=O) groups is 1. The minimum Gasteiger partial charge on any atom is -0.426 e. The van der Waals surface area contributed by atoms with Gasteiger partial charge in [-0.3, -0.25) is 4.79 Å². The van der Waals surface area contributed by atoms with Gasteiger partial charge in [-0.25, -0.2) is 4.39 Å². The lowest BCUT2D eigenvalue weighted by Crippen LogP contribution is -1.83. The Morgan fingerprint density at radius 1 is 1.31 bits per heavy atom. The second kappa shape index (κ2) is 4.49. The van der Waals surface area contributed by atoms with Crippen LogP contribution in [0.4, 0.5) is 4.39 Å². The third-order valence-electron chi connectivity index (χ3n) is 1.83. The van der Waals surface area contributed by atoms with Gasteiger partial charge in [0.1, 0.15) is 11.6 Å². The van der Waals surface area contributed by atoms with Crippen molar-refractivity contribution in [2.75, 3.05) is 0 Å². The minimum atomic E-state index is -0.375. The van der Waals surface area contributed by atoms with Gasteiger partial charge >= 0.3 is 0 Å². The van der Waals surface area contributed by atoms with Gasteiger partial charge in [-0.05, 0) is 40.2 Å². The van der Waals surface area contributed by atoms with Crippen LogP contribution in [0.15, 0.2) is 39.2 Å². The summed E-state index contributed by atoms with van der Waals surface area (Å²) in [5, 5.41) is 0. The van der Waals surface area contributed by atoms with Crippen LogP contribution in [0.2, 0.25) is 0 Å². The summed E-state index contributed by atoms with van der Waals surface area (Å²) in [7, 11) is 0. The molecule has 0 bridgehead atoms. The first-order valence-corrected chi connectivity index (χ1v) is 5.16. The molecule has 0 saturated heterocycles. The molecule has 0 aliphatic heterocycles. The van der Waals surface area contributed by atoms with Crippen molar-refractivity contribution < 1.29 is 18.3 Å². The van der Waals surface area contributed by atoms with Gasteiger partial charge in [0.15, 0.2) is 12.0 Å². The molecule has 5 heteroatoms. The van der Waals surface area contributed by atoms with E-state index >= 15 is 0 Å². The summed E-state index contributed by atoms with van der Waals surface area (Å²) in [5.41, 5.74) is 0. The normalized spacial score (nSPS) is 10.1. The highest BCUT2D eigenvalue weighted by molar-refractivity contribution is 9.10. The van der Waals surface area contributed by atoms with Crippen molar-refractivity contribution in [1.82, 2.24) is 0 Å². The smallest absolute Gasteiger partial charge is 0.290 e. The Hall–Kier alpha value is -1.62. The maximum atomic E-state index is 12.9. The van der Waals surface area contributed by atoms with Gasteiger partial charge in [-0.1, -0.05) is 0 Å². The van der Waals surface area contributed by atoms with Gasteiger partial charge in [0.25, 0.3) is 5.95 Å². The quantitative estimate of drug-likeness (QED) is 0.805. The monoisotopic (exact) mass is 284 g/mol. The fourth-order valence-electron chi connectivity index (χ4n) is 1.11. The van der Waals surface area contributed by atoms with Crippen molar-refractivity contribution in [1.29, 1.82) is 0 Å². The lowest BCUT2D eigenvalue weighted by molar-refractivity contribution is 0.109. The van der Waals surface area contributed by atoms with Crippen LogP contribution in [0.3, 0.4) is 0 Å². The highest BCUT2D eigenvalue weighted by Crippen LogP contribution is 2.27. The van der Waals surface area contributed by atoms with Gasteiger partial charge in [-0.2, -0.15) is 0 Å². The molecular formula is C11H6BrFO3. The Morgan fingerprint density at radius 2 is 2.12 bits per heavy atom. The number of hydrogen-bond donors (Lipinski definition) is 0. The molecule has 1 aromatic carbocycles. The third kappa shape index (κ3) is 2.30. The number of ether oxygens (including phenoxy) is 1. The standard InChI is InChI=1S/C11H6BrFO3/c12-9-5-7(1-3-10(9)13)15-11-4-2-8(6-14)16-11/h1-6H. The van der Waals surface area contributed by atoms with E-state index in [0.29, 0.717) is 16.5 Å². The molecule has 82 valence electrons. The molecule has 0 saturated carbocycles. The summed E-state index contributed by atoms with van der Waals surface area (Å²) in [6.45, 7) is 0. The molecule has 1 aromatic heterocycles. The first-order valence-electron chi connectivity index (χ1n) is 4.37. The van der Waals surface area contributed by atoms with E-state index in [0.717, 1.165) is 0 Å². The fourth-order valence-corrected chi connectivity index (χ4v) is 1.47. The van der Waals surface area contributed by atoms with E-state index in [9.17, 15) is 9.18 Å². The van der Waals surface area contributed by atoms with Gasteiger partial charge in [0.05, 0.1) is 4.47 Å². The lowest BCUT2D eigenvalue weighted by atomic mass is 10.3. The highest BCUT2D eigenvalue weighted by Gasteiger charge is 2.05. The van der Waals surface area contributed by atoms with Gasteiger partial charge in [-0.15, -0.1) is 0 Å². The average molecular weight is 285 g/mol. The van der Waals surface area contributed by atoms with Crippen molar-refractivity contribution in [2.24, 2.45) is 0 Å². The summed E-state index contributed by atoms with van der Waals surface area (Å²) in [6.07, 6.45) is 0.577. The predicted molar refractivity (Wildman–Crippen MR) is 58.3 cm³/mol. The molecular weight excluding hydrogens is 279 g/mol. The zero-order chi connectivity index (χ0) is 11.5. The van der Waals surface area contributed by atoms with Gasteiger partial charge in [0, 0.05) is 6.07 Å². The van der Waals surface area contributed by atoms with E-state index in [1.54, 1.807) is 0 Å². The topological polar surface area (TPSA) is 39.4 Å². The molecule has 0 spiro atoms. The van der Waals surface area contributed by atoms with E-state index < -0.39 is 0 Å². The van der Waals surface area contributed by atoms with E-state index in [1.165, 1.54) is 30.3 Å². The van der Waals surface area contributed by atoms with Crippen LogP contribution < -0.4 is 4.74 Å². The number of carbonyl (C=O) groups excluding carboxylic acids is 1. The zero-order valence-corrected chi connectivity index (χ0v) is 9.53. The maximum Gasteiger partial charge on any atom is 0.290 e. The van der Waals surface area contributed by atoms with Crippen LogP contribution in [0.1, 0.15) is 10.6 Å². The first-order chi connectivity index (χ1) is 7.69. The summed E-state index contributed by atoms with van der Waals surface area (Å²) in [6, 6.07) is 7.20. The molecule has 2 rings (SSSR count). The maximum absolute atomic E-state index is 12.9. The molecule has 0 fully saturated rings. The van der Waals surface area contributed by atoms with Crippen LogP contribution in [-0.4, -0.2) is 6.29 Å². The molecule has 1 heterocycles. The van der Waals surface area contributed by atoms with Crippen LogP contribution in [0.5, 0.6) is 11.7 Å². The molecule has 0 aliphatic carbocycles. The summed E-state index contributed by atoms with van der Waals surface area (Å²) < 4.78 is 23.5. The Balaban J connectivity index is 2.20. The Kier molecular flexibility index (Phi) is 3.05. The van der Waals surface area contributed by atoms with Crippen molar-refractivity contribution in [2.45, 2.75) is 0 Å². The Morgan fingerprint density at radius 3 is 2.75 bits per heavy atom. The molecule has 0 unspecified atom stereocenters. The first kappa shape index (κ1) is 10.9. The number of benzene rings is 1. The van der Waals surface area contributed by atoms with Gasteiger partial charge < -0.3 is 9.15 Å². The highest BCUT2D eigenvalue weighted by atomic mass is 79.9.